The topological polar surface area (TPSA) is 87.6 Å². The number of hydrogen-bond acceptors (Lipinski definition) is 4. The smallest absolute Gasteiger partial charge is 0.271 e. The van der Waals surface area contributed by atoms with Gasteiger partial charge in [0.15, 0.2) is 0 Å². The molecule has 7 heteroatoms. The average molecular weight is 403 g/mol. The van der Waals surface area contributed by atoms with Crippen LogP contribution in [-0.4, -0.2) is 35.4 Å². The number of aromatic amines is 1. The first-order chi connectivity index (χ1) is 14.6. The molecule has 0 saturated carbocycles. The van der Waals surface area contributed by atoms with Crippen LogP contribution in [0.1, 0.15) is 16.2 Å². The third-order valence-electron chi connectivity index (χ3n) is 4.69. The molecule has 0 radical (unpaired) electrons. The molecule has 2 aromatic heterocycles. The van der Waals surface area contributed by atoms with Gasteiger partial charge in [-0.25, -0.2) is 0 Å². The fraction of sp³-hybridized carbons (Fsp3) is 0.130. The van der Waals surface area contributed by atoms with Crippen LogP contribution in [0.25, 0.3) is 10.9 Å². The van der Waals surface area contributed by atoms with Crippen molar-refractivity contribution in [3.63, 3.8) is 0 Å². The standard InChI is InChI=1S/C23H21N3O4/c1-29-21-11-5-4-10-19(21)25-22(27)15-26(14-17-8-6-12-30-17)23(28)20-13-16-7-2-3-9-18(16)24-20/h2-13,24H,14-15H2,1H3,(H,25,27). The number of H-pyrrole nitrogens is 1. The quantitative estimate of drug-likeness (QED) is 0.487. The second-order valence-electron chi connectivity index (χ2n) is 6.76. The molecule has 0 aliphatic rings. The van der Waals surface area contributed by atoms with Crippen LogP contribution < -0.4 is 10.1 Å². The lowest BCUT2D eigenvalue weighted by Crippen LogP contribution is -2.37. The van der Waals surface area contributed by atoms with Gasteiger partial charge in [-0.2, -0.15) is 0 Å². The lowest BCUT2D eigenvalue weighted by molar-refractivity contribution is -0.117. The summed E-state index contributed by atoms with van der Waals surface area (Å²) >= 11 is 0. The highest BCUT2D eigenvalue weighted by molar-refractivity contribution is 6.01. The van der Waals surface area contributed by atoms with E-state index in [1.54, 1.807) is 36.4 Å². The molecule has 0 spiro atoms. The van der Waals surface area contributed by atoms with E-state index in [0.29, 0.717) is 22.9 Å². The Hall–Kier alpha value is -4.00. The van der Waals surface area contributed by atoms with Crippen molar-refractivity contribution in [2.75, 3.05) is 19.0 Å². The van der Waals surface area contributed by atoms with Crippen LogP contribution in [0, 0.1) is 0 Å². The zero-order valence-electron chi connectivity index (χ0n) is 16.4. The normalized spacial score (nSPS) is 10.7. The van der Waals surface area contributed by atoms with Gasteiger partial charge < -0.3 is 24.4 Å². The second kappa shape index (κ2) is 8.57. The van der Waals surface area contributed by atoms with Crippen molar-refractivity contribution in [2.24, 2.45) is 0 Å². The molecule has 4 rings (SSSR count). The summed E-state index contributed by atoms with van der Waals surface area (Å²) in [7, 11) is 1.54. The summed E-state index contributed by atoms with van der Waals surface area (Å²) in [6, 6.07) is 20.0. The van der Waals surface area contributed by atoms with Crippen LogP contribution in [0.2, 0.25) is 0 Å². The minimum Gasteiger partial charge on any atom is -0.495 e. The number of carbonyl (C=O) groups excluding carboxylic acids is 2. The SMILES string of the molecule is COc1ccccc1NC(=O)CN(Cc1ccco1)C(=O)c1cc2ccccc2[nH]1. The van der Waals surface area contributed by atoms with Crippen molar-refractivity contribution in [1.82, 2.24) is 9.88 Å². The van der Waals surface area contributed by atoms with E-state index in [-0.39, 0.29) is 24.9 Å². The van der Waals surface area contributed by atoms with Crippen LogP contribution in [0.15, 0.2) is 77.4 Å². The summed E-state index contributed by atoms with van der Waals surface area (Å²) in [5.74, 6) is 0.503. The third kappa shape index (κ3) is 4.20. The molecular weight excluding hydrogens is 382 g/mol. The van der Waals surface area contributed by atoms with Crippen molar-refractivity contribution in [3.8, 4) is 5.75 Å². The van der Waals surface area contributed by atoms with Crippen LogP contribution in [-0.2, 0) is 11.3 Å². The number of benzene rings is 2. The molecule has 0 aliphatic heterocycles. The van der Waals surface area contributed by atoms with Crippen molar-refractivity contribution in [3.05, 3.63) is 84.4 Å². The van der Waals surface area contributed by atoms with Gasteiger partial charge in [-0.3, -0.25) is 9.59 Å². The highest BCUT2D eigenvalue weighted by Gasteiger charge is 2.22. The van der Waals surface area contributed by atoms with E-state index in [4.69, 9.17) is 9.15 Å². The van der Waals surface area contributed by atoms with Crippen LogP contribution in [0.3, 0.4) is 0 Å². The Kier molecular flexibility index (Phi) is 5.52. The molecule has 0 bridgehead atoms. The van der Waals surface area contributed by atoms with Gasteiger partial charge in [0.25, 0.3) is 5.91 Å². The summed E-state index contributed by atoms with van der Waals surface area (Å²) in [5, 5.41) is 3.73. The maximum absolute atomic E-state index is 13.2. The van der Waals surface area contributed by atoms with E-state index in [0.717, 1.165) is 10.9 Å². The third-order valence-corrected chi connectivity index (χ3v) is 4.69. The fourth-order valence-electron chi connectivity index (χ4n) is 3.26. The number of hydrogen-bond donors (Lipinski definition) is 2. The summed E-state index contributed by atoms with van der Waals surface area (Å²) in [5.41, 5.74) is 1.81. The van der Waals surface area contributed by atoms with Gasteiger partial charge in [0.05, 0.1) is 25.6 Å². The van der Waals surface area contributed by atoms with Crippen LogP contribution in [0.4, 0.5) is 5.69 Å². The number of amides is 2. The molecule has 2 heterocycles. The average Bonchev–Trinajstić information content (AvgIpc) is 3.42. The molecule has 2 N–H and O–H groups in total. The molecule has 0 fully saturated rings. The van der Waals surface area contributed by atoms with E-state index in [2.05, 4.69) is 10.3 Å². The van der Waals surface area contributed by atoms with Gasteiger partial charge in [0.2, 0.25) is 5.91 Å². The molecule has 2 aromatic carbocycles. The zero-order valence-corrected chi connectivity index (χ0v) is 16.4. The van der Waals surface area contributed by atoms with Crippen molar-refractivity contribution in [2.45, 2.75) is 6.54 Å². The Morgan fingerprint density at radius 1 is 1.07 bits per heavy atom. The number of nitrogens with zero attached hydrogens (tertiary/aromatic N) is 1. The summed E-state index contributed by atoms with van der Waals surface area (Å²) in [6.45, 7) is 0.0213. The molecule has 7 nitrogen and oxygen atoms in total. The van der Waals surface area contributed by atoms with Gasteiger partial charge >= 0.3 is 0 Å². The number of anilines is 1. The summed E-state index contributed by atoms with van der Waals surface area (Å²) in [4.78, 5) is 30.5. The lowest BCUT2D eigenvalue weighted by atomic mass is 10.2. The first kappa shape index (κ1) is 19.3. The molecule has 0 unspecified atom stereocenters. The van der Waals surface area contributed by atoms with E-state index in [1.165, 1.54) is 18.3 Å². The molecule has 0 saturated heterocycles. The van der Waals surface area contributed by atoms with E-state index in [1.807, 2.05) is 30.3 Å². The predicted octanol–water partition coefficient (Wildman–Crippen LogP) is 4.05. The number of ether oxygens (including phenoxy) is 1. The van der Waals surface area contributed by atoms with Crippen LogP contribution >= 0.6 is 0 Å². The van der Waals surface area contributed by atoms with E-state index < -0.39 is 0 Å². The number of furan rings is 1. The highest BCUT2D eigenvalue weighted by Crippen LogP contribution is 2.23. The van der Waals surface area contributed by atoms with Gasteiger partial charge in [-0.05, 0) is 36.4 Å². The Labute approximate surface area is 173 Å². The van der Waals surface area contributed by atoms with Gasteiger partial charge in [0.1, 0.15) is 23.7 Å². The molecule has 0 aliphatic carbocycles. The Morgan fingerprint density at radius 2 is 1.87 bits per heavy atom. The lowest BCUT2D eigenvalue weighted by Gasteiger charge is -2.21. The van der Waals surface area contributed by atoms with Gasteiger partial charge in [0, 0.05) is 10.9 Å². The zero-order chi connectivity index (χ0) is 20.9. The van der Waals surface area contributed by atoms with E-state index >= 15 is 0 Å². The Bertz CT molecular complexity index is 1130. The fourth-order valence-corrected chi connectivity index (χ4v) is 3.26. The molecule has 4 aromatic rings. The number of para-hydroxylation sites is 3. The number of carbonyl (C=O) groups is 2. The number of fused-ring (bicyclic) bond motifs is 1. The molecular formula is C23H21N3O4. The van der Waals surface area contributed by atoms with Gasteiger partial charge in [-0.1, -0.05) is 30.3 Å². The summed E-state index contributed by atoms with van der Waals surface area (Å²) in [6.07, 6.45) is 1.54. The first-order valence-corrected chi connectivity index (χ1v) is 9.46. The maximum atomic E-state index is 13.2. The Balaban J connectivity index is 1.56. The van der Waals surface area contributed by atoms with Gasteiger partial charge in [-0.15, -0.1) is 0 Å². The van der Waals surface area contributed by atoms with Crippen molar-refractivity contribution < 1.29 is 18.7 Å². The highest BCUT2D eigenvalue weighted by atomic mass is 16.5. The molecule has 0 atom stereocenters. The molecule has 152 valence electrons. The number of rotatable bonds is 7. The minimum atomic E-state index is -0.337. The van der Waals surface area contributed by atoms with E-state index in [9.17, 15) is 9.59 Å². The Morgan fingerprint density at radius 3 is 2.63 bits per heavy atom. The molecule has 30 heavy (non-hydrogen) atoms. The number of aromatic nitrogens is 1. The van der Waals surface area contributed by atoms with Crippen molar-refractivity contribution in [1.29, 1.82) is 0 Å². The van der Waals surface area contributed by atoms with Crippen LogP contribution in [0.5, 0.6) is 5.75 Å². The molecule has 2 amide bonds. The largest absolute Gasteiger partial charge is 0.495 e. The monoisotopic (exact) mass is 403 g/mol. The minimum absolute atomic E-state index is 0.146. The predicted molar refractivity (Wildman–Crippen MR) is 113 cm³/mol. The number of nitrogens with one attached hydrogen (secondary N) is 2. The summed E-state index contributed by atoms with van der Waals surface area (Å²) < 4.78 is 10.7. The second-order valence-corrected chi connectivity index (χ2v) is 6.76. The van der Waals surface area contributed by atoms with Crippen molar-refractivity contribution >= 4 is 28.4 Å². The number of methoxy groups -OCH3 is 1. The maximum Gasteiger partial charge on any atom is 0.271 e. The first-order valence-electron chi connectivity index (χ1n) is 9.46.